The van der Waals surface area contributed by atoms with Crippen LogP contribution in [0, 0.1) is 12.3 Å². The minimum absolute atomic E-state index is 0. The molecule has 3 aliphatic rings. The first-order chi connectivity index (χ1) is 18.1. The summed E-state index contributed by atoms with van der Waals surface area (Å²) < 4.78 is 12.0. The van der Waals surface area contributed by atoms with Gasteiger partial charge in [0.1, 0.15) is 0 Å². The van der Waals surface area contributed by atoms with Crippen LogP contribution in [0.5, 0.6) is 11.5 Å². The maximum atomic E-state index is 6.25. The third-order valence-electron chi connectivity index (χ3n) is 8.66. The van der Waals surface area contributed by atoms with Crippen molar-refractivity contribution in [1.29, 1.82) is 0 Å². The lowest BCUT2D eigenvalue weighted by atomic mass is 9.60. The molecule has 1 aromatic carbocycles. The number of benzene rings is 1. The Morgan fingerprint density at radius 3 is 2.58 bits per heavy atom. The van der Waals surface area contributed by atoms with Crippen LogP contribution >= 0.6 is 12.4 Å². The zero-order valence-corrected chi connectivity index (χ0v) is 23.6. The average Bonchev–Trinajstić information content (AvgIpc) is 3.57. The van der Waals surface area contributed by atoms with Crippen LogP contribution in [0.2, 0.25) is 0 Å². The van der Waals surface area contributed by atoms with Crippen molar-refractivity contribution < 1.29 is 9.47 Å². The second-order valence-corrected chi connectivity index (χ2v) is 11.4. The lowest BCUT2D eigenvalue weighted by Crippen LogP contribution is -2.50. The fourth-order valence-electron chi connectivity index (χ4n) is 6.57. The highest BCUT2D eigenvalue weighted by atomic mass is 35.5. The number of hydrogen-bond donors (Lipinski definition) is 3. The van der Waals surface area contributed by atoms with Crippen molar-refractivity contribution in [2.75, 3.05) is 51.8 Å². The van der Waals surface area contributed by atoms with E-state index in [1.807, 2.05) is 0 Å². The number of nitrogens with zero attached hydrogens (tertiary/aromatic N) is 2. The molecule has 0 unspecified atom stereocenters. The van der Waals surface area contributed by atoms with Gasteiger partial charge in [-0.3, -0.25) is 0 Å². The molecule has 0 bridgehead atoms. The molecule has 3 N–H and O–H groups in total. The SMILES string of the molecule is COc1cc2c(NC3CC4(CCNCC4)C3)cc(-c3ccc(C)[nH]3)nc2cc1OCCCN1CCCC1.Cl. The fourth-order valence-corrected chi connectivity index (χ4v) is 6.57. The Morgan fingerprint density at radius 1 is 1.08 bits per heavy atom. The largest absolute Gasteiger partial charge is 0.493 e. The Bertz CT molecular complexity index is 1220. The van der Waals surface area contributed by atoms with Crippen LogP contribution in [0.3, 0.4) is 0 Å². The monoisotopic (exact) mass is 539 g/mol. The van der Waals surface area contributed by atoms with Crippen LogP contribution in [-0.2, 0) is 0 Å². The molecular formula is C30H42ClN5O2. The molecule has 3 aromatic rings. The number of fused-ring (bicyclic) bond motifs is 1. The Hall–Kier alpha value is -2.48. The summed E-state index contributed by atoms with van der Waals surface area (Å²) in [5.41, 5.74) is 5.70. The molecule has 0 atom stereocenters. The summed E-state index contributed by atoms with van der Waals surface area (Å²) >= 11 is 0. The van der Waals surface area contributed by atoms with Gasteiger partial charge in [-0.15, -0.1) is 12.4 Å². The average molecular weight is 540 g/mol. The highest BCUT2D eigenvalue weighted by Gasteiger charge is 2.44. The van der Waals surface area contributed by atoms with Crippen LogP contribution in [0.15, 0.2) is 30.3 Å². The highest BCUT2D eigenvalue weighted by Crippen LogP contribution is 2.49. The van der Waals surface area contributed by atoms with E-state index < -0.39 is 0 Å². The van der Waals surface area contributed by atoms with Gasteiger partial charge in [-0.05, 0) is 108 Å². The van der Waals surface area contributed by atoms with Crippen molar-refractivity contribution in [2.45, 2.75) is 57.9 Å². The van der Waals surface area contributed by atoms with E-state index in [0.29, 0.717) is 18.1 Å². The van der Waals surface area contributed by atoms with E-state index in [1.165, 1.54) is 51.6 Å². The van der Waals surface area contributed by atoms with Gasteiger partial charge < -0.3 is 30.0 Å². The van der Waals surface area contributed by atoms with E-state index in [2.05, 4.69) is 57.8 Å². The van der Waals surface area contributed by atoms with Crippen molar-refractivity contribution in [3.63, 3.8) is 0 Å². The maximum absolute atomic E-state index is 6.25. The number of nitrogens with one attached hydrogen (secondary N) is 3. The second kappa shape index (κ2) is 11.7. The van der Waals surface area contributed by atoms with E-state index in [0.717, 1.165) is 71.2 Å². The third-order valence-corrected chi connectivity index (χ3v) is 8.66. The van der Waals surface area contributed by atoms with Gasteiger partial charge in [-0.1, -0.05) is 0 Å². The van der Waals surface area contributed by atoms with Gasteiger partial charge in [0.15, 0.2) is 11.5 Å². The quantitative estimate of drug-likeness (QED) is 0.299. The number of ether oxygens (including phenoxy) is 2. The van der Waals surface area contributed by atoms with Crippen molar-refractivity contribution in [3.05, 3.63) is 36.0 Å². The molecule has 8 heteroatoms. The van der Waals surface area contributed by atoms with Crippen molar-refractivity contribution in [2.24, 2.45) is 5.41 Å². The molecule has 1 saturated carbocycles. The predicted octanol–water partition coefficient (Wildman–Crippen LogP) is 5.78. The Balaban J connectivity index is 0.00000294. The zero-order valence-electron chi connectivity index (χ0n) is 22.8. The van der Waals surface area contributed by atoms with Gasteiger partial charge in [0.25, 0.3) is 0 Å². The Labute approximate surface area is 232 Å². The standard InChI is InChI=1S/C30H41N5O2.ClH/c1-21-6-7-24(32-21)27-17-25(33-22-19-30(20-22)8-10-31-11-9-30)23-16-28(36-2)29(18-26(23)34-27)37-15-5-14-35-12-3-4-13-35;/h6-7,16-18,22,31-32H,3-5,8-15,19-20H2,1-2H3,(H,33,34);1H. The molecule has 206 valence electrons. The van der Waals surface area contributed by atoms with E-state index in [4.69, 9.17) is 14.5 Å². The normalized spacial score (nSPS) is 19.3. The van der Waals surface area contributed by atoms with E-state index in [-0.39, 0.29) is 12.4 Å². The molecule has 2 aliphatic heterocycles. The molecule has 0 amide bonds. The molecule has 7 nitrogen and oxygen atoms in total. The molecule has 3 fully saturated rings. The fraction of sp³-hybridized carbons (Fsp3) is 0.567. The minimum Gasteiger partial charge on any atom is -0.493 e. The summed E-state index contributed by atoms with van der Waals surface area (Å²) in [6.07, 6.45) is 8.73. The summed E-state index contributed by atoms with van der Waals surface area (Å²) in [7, 11) is 1.72. The number of halogens is 1. The zero-order chi connectivity index (χ0) is 25.2. The molecule has 0 radical (unpaired) electrons. The van der Waals surface area contributed by atoms with Crippen LogP contribution in [0.4, 0.5) is 5.69 Å². The molecule has 6 rings (SSSR count). The Morgan fingerprint density at radius 2 is 1.87 bits per heavy atom. The van der Waals surface area contributed by atoms with E-state index in [1.54, 1.807) is 7.11 Å². The van der Waals surface area contributed by atoms with Crippen LogP contribution < -0.4 is 20.1 Å². The number of aromatic amines is 1. The lowest BCUT2D eigenvalue weighted by Gasteiger charge is -2.51. The highest BCUT2D eigenvalue weighted by molar-refractivity contribution is 5.96. The van der Waals surface area contributed by atoms with Gasteiger partial charge in [0.2, 0.25) is 0 Å². The number of anilines is 1. The first kappa shape index (κ1) is 27.1. The number of likely N-dealkylation sites (tertiary alicyclic amines) is 1. The van der Waals surface area contributed by atoms with Gasteiger partial charge in [-0.2, -0.15) is 0 Å². The molecule has 2 aromatic heterocycles. The topological polar surface area (TPSA) is 74.4 Å². The van der Waals surface area contributed by atoms with Gasteiger partial charge >= 0.3 is 0 Å². The second-order valence-electron chi connectivity index (χ2n) is 11.4. The first-order valence-electron chi connectivity index (χ1n) is 14.1. The van der Waals surface area contributed by atoms with Crippen LogP contribution in [-0.4, -0.2) is 67.4 Å². The van der Waals surface area contributed by atoms with Gasteiger partial charge in [0.05, 0.1) is 30.6 Å². The van der Waals surface area contributed by atoms with Gasteiger partial charge in [-0.25, -0.2) is 4.98 Å². The molecule has 4 heterocycles. The summed E-state index contributed by atoms with van der Waals surface area (Å²) in [6.45, 7) is 8.60. The summed E-state index contributed by atoms with van der Waals surface area (Å²) in [6, 6.07) is 11.1. The molecule has 1 spiro atoms. The number of H-pyrrole nitrogens is 1. The summed E-state index contributed by atoms with van der Waals surface area (Å²) in [4.78, 5) is 11.0. The number of aromatic nitrogens is 2. The van der Waals surface area contributed by atoms with Crippen molar-refractivity contribution in [1.82, 2.24) is 20.2 Å². The predicted molar refractivity (Wildman–Crippen MR) is 157 cm³/mol. The number of hydrogen-bond acceptors (Lipinski definition) is 6. The summed E-state index contributed by atoms with van der Waals surface area (Å²) in [5, 5.41) is 8.49. The third kappa shape index (κ3) is 5.75. The lowest BCUT2D eigenvalue weighted by molar-refractivity contribution is 0.0719. The smallest absolute Gasteiger partial charge is 0.163 e. The van der Waals surface area contributed by atoms with Crippen LogP contribution in [0.25, 0.3) is 22.3 Å². The number of methoxy groups -OCH3 is 1. The molecule has 38 heavy (non-hydrogen) atoms. The number of piperidine rings is 1. The van der Waals surface area contributed by atoms with Crippen LogP contribution in [0.1, 0.15) is 50.6 Å². The summed E-state index contributed by atoms with van der Waals surface area (Å²) in [5.74, 6) is 1.54. The molecular weight excluding hydrogens is 498 g/mol. The maximum Gasteiger partial charge on any atom is 0.163 e. The molecule has 1 aliphatic carbocycles. The molecule has 2 saturated heterocycles. The number of aryl methyl sites for hydroxylation is 1. The number of pyridine rings is 1. The number of rotatable bonds is 9. The van der Waals surface area contributed by atoms with Crippen molar-refractivity contribution in [3.8, 4) is 22.9 Å². The van der Waals surface area contributed by atoms with E-state index >= 15 is 0 Å². The first-order valence-corrected chi connectivity index (χ1v) is 14.1. The van der Waals surface area contributed by atoms with E-state index in [9.17, 15) is 0 Å². The Kier molecular flexibility index (Phi) is 8.36. The van der Waals surface area contributed by atoms with Gasteiger partial charge in [0, 0.05) is 35.4 Å². The van der Waals surface area contributed by atoms with Crippen molar-refractivity contribution >= 4 is 29.0 Å². The minimum atomic E-state index is 0.